The number of rotatable bonds is 6. The molecule has 10 heteroatoms. The summed E-state index contributed by atoms with van der Waals surface area (Å²) < 4.78 is 48.4. The van der Waals surface area contributed by atoms with Crippen molar-refractivity contribution in [3.63, 3.8) is 0 Å². The molecule has 1 aliphatic rings. The van der Waals surface area contributed by atoms with Gasteiger partial charge < -0.3 is 14.4 Å². The van der Waals surface area contributed by atoms with E-state index in [1.165, 1.54) is 42.2 Å². The van der Waals surface area contributed by atoms with E-state index >= 15 is 0 Å². The van der Waals surface area contributed by atoms with Gasteiger partial charge in [0.05, 0.1) is 34.2 Å². The third-order valence-corrected chi connectivity index (χ3v) is 6.20. The van der Waals surface area contributed by atoms with Gasteiger partial charge >= 0.3 is 0 Å². The number of hydrogen-bond acceptors (Lipinski definition) is 6. The van der Waals surface area contributed by atoms with Crippen LogP contribution in [-0.4, -0.2) is 63.7 Å². The van der Waals surface area contributed by atoms with Gasteiger partial charge in [-0.1, -0.05) is 11.6 Å². The van der Waals surface area contributed by atoms with Crippen LogP contribution in [0.2, 0.25) is 5.02 Å². The largest absolute Gasteiger partial charge is 0.491 e. The minimum absolute atomic E-state index is 0.0168. The Morgan fingerprint density at radius 1 is 1.23 bits per heavy atom. The molecule has 1 saturated heterocycles. The van der Waals surface area contributed by atoms with Crippen LogP contribution in [0.1, 0.15) is 27.6 Å². The van der Waals surface area contributed by atoms with Crippen LogP contribution in [0, 0.1) is 5.82 Å². The lowest BCUT2D eigenvalue weighted by molar-refractivity contribution is -0.0401. The number of morpholine rings is 1. The number of Topliss-reactive ketones (excluding diaryl/α,β-unsaturated/α-hetero) is 1. The highest BCUT2D eigenvalue weighted by atomic mass is 35.5. The Kier molecular flexibility index (Phi) is 6.98. The third-order valence-electron chi connectivity index (χ3n) is 4.78. The van der Waals surface area contributed by atoms with Gasteiger partial charge in [0.25, 0.3) is 5.91 Å². The molecule has 2 aromatic carbocycles. The molecule has 1 fully saturated rings. The van der Waals surface area contributed by atoms with Crippen LogP contribution >= 0.6 is 11.6 Å². The van der Waals surface area contributed by atoms with Crippen molar-refractivity contribution in [1.82, 2.24) is 4.90 Å². The van der Waals surface area contributed by atoms with E-state index in [1.54, 1.807) is 0 Å². The molecule has 7 nitrogen and oxygen atoms in total. The van der Waals surface area contributed by atoms with Crippen molar-refractivity contribution in [2.45, 2.75) is 17.9 Å². The van der Waals surface area contributed by atoms with Crippen LogP contribution in [0.3, 0.4) is 0 Å². The number of benzene rings is 2. The smallest absolute Gasteiger partial charge is 0.255 e. The summed E-state index contributed by atoms with van der Waals surface area (Å²) in [7, 11) is -3.44. The Bertz CT molecular complexity index is 1120. The van der Waals surface area contributed by atoms with Gasteiger partial charge in [-0.15, -0.1) is 0 Å². The van der Waals surface area contributed by atoms with Crippen LogP contribution in [0.15, 0.2) is 41.3 Å². The van der Waals surface area contributed by atoms with Crippen molar-refractivity contribution in [3.05, 3.63) is 58.4 Å². The first kappa shape index (κ1) is 23.2. The van der Waals surface area contributed by atoms with Gasteiger partial charge in [-0.3, -0.25) is 9.59 Å². The number of sulfone groups is 1. The molecule has 0 saturated carbocycles. The van der Waals surface area contributed by atoms with E-state index in [1.807, 2.05) is 0 Å². The maximum atomic E-state index is 13.9. The quantitative estimate of drug-likeness (QED) is 0.604. The van der Waals surface area contributed by atoms with Gasteiger partial charge in [-0.25, -0.2) is 12.8 Å². The molecule has 0 aliphatic carbocycles. The Balaban J connectivity index is 1.65. The number of ketones is 1. The molecule has 0 N–H and O–H groups in total. The second kappa shape index (κ2) is 9.33. The molecule has 1 unspecified atom stereocenters. The molecule has 1 atom stereocenters. The van der Waals surface area contributed by atoms with Crippen molar-refractivity contribution < 1.29 is 31.9 Å². The maximum absolute atomic E-state index is 13.9. The van der Waals surface area contributed by atoms with Crippen molar-refractivity contribution >= 4 is 33.1 Å². The first-order valence-electron chi connectivity index (χ1n) is 9.40. The molecule has 3 rings (SSSR count). The van der Waals surface area contributed by atoms with E-state index in [4.69, 9.17) is 21.1 Å². The fourth-order valence-electron chi connectivity index (χ4n) is 3.14. The van der Waals surface area contributed by atoms with E-state index < -0.39 is 21.8 Å². The first-order valence-corrected chi connectivity index (χ1v) is 11.7. The highest BCUT2D eigenvalue weighted by Crippen LogP contribution is 2.24. The Morgan fingerprint density at radius 2 is 1.94 bits per heavy atom. The molecule has 0 spiro atoms. The predicted octanol–water partition coefficient (Wildman–Crippen LogP) is 3.01. The number of hydrogen-bond donors (Lipinski definition) is 0. The molecule has 2 aromatic rings. The Hall–Kier alpha value is -2.49. The number of halogens is 2. The van der Waals surface area contributed by atoms with Crippen molar-refractivity contribution in [1.29, 1.82) is 0 Å². The summed E-state index contributed by atoms with van der Waals surface area (Å²) in [4.78, 5) is 25.7. The van der Waals surface area contributed by atoms with Gasteiger partial charge in [-0.05, 0) is 37.3 Å². The number of amides is 1. The lowest BCUT2D eigenvalue weighted by Gasteiger charge is -2.33. The molecular formula is C21H21ClFNO6S. The highest BCUT2D eigenvalue weighted by molar-refractivity contribution is 7.90. The molecule has 0 bridgehead atoms. The first-order chi connectivity index (χ1) is 14.6. The predicted molar refractivity (Wildman–Crippen MR) is 112 cm³/mol. The molecule has 0 radical (unpaired) electrons. The summed E-state index contributed by atoms with van der Waals surface area (Å²) in [6.07, 6.45) is 0.606. The van der Waals surface area contributed by atoms with Gasteiger partial charge in [-0.2, -0.15) is 0 Å². The van der Waals surface area contributed by atoms with E-state index in [0.717, 1.165) is 12.3 Å². The zero-order valence-corrected chi connectivity index (χ0v) is 18.5. The Labute approximate surface area is 184 Å². The standard InChI is InChI=1S/C21H21ClFNO6S/c1-13(25)17-5-3-14(9-20(17)23)30-12-15-11-24(7-8-29-15)21(26)18-6-4-16(10-19(18)22)31(2,27)28/h3-6,9-10,15H,7-8,11-12H2,1-2H3. The van der Waals surface area contributed by atoms with Crippen molar-refractivity contribution in [2.24, 2.45) is 0 Å². The lowest BCUT2D eigenvalue weighted by Crippen LogP contribution is -2.47. The van der Waals surface area contributed by atoms with Crippen LogP contribution in [-0.2, 0) is 14.6 Å². The number of carbonyl (C=O) groups excluding carboxylic acids is 2. The highest BCUT2D eigenvalue weighted by Gasteiger charge is 2.27. The van der Waals surface area contributed by atoms with Crippen molar-refractivity contribution in [2.75, 3.05) is 32.6 Å². The van der Waals surface area contributed by atoms with Gasteiger partial charge in [0, 0.05) is 18.9 Å². The summed E-state index contributed by atoms with van der Waals surface area (Å²) in [5.41, 5.74) is 0.175. The molecule has 1 amide bonds. The molecule has 1 heterocycles. The van der Waals surface area contributed by atoms with E-state index in [9.17, 15) is 22.4 Å². The number of nitrogens with zero attached hydrogens (tertiary/aromatic N) is 1. The third kappa shape index (κ3) is 5.61. The van der Waals surface area contributed by atoms with Gasteiger partial charge in [0.15, 0.2) is 15.6 Å². The second-order valence-corrected chi connectivity index (χ2v) is 9.59. The summed E-state index contributed by atoms with van der Waals surface area (Å²) in [6.45, 7) is 2.18. The van der Waals surface area contributed by atoms with E-state index in [-0.39, 0.29) is 58.2 Å². The fourth-order valence-corrected chi connectivity index (χ4v) is 4.11. The van der Waals surface area contributed by atoms with E-state index in [0.29, 0.717) is 6.54 Å². The summed E-state index contributed by atoms with van der Waals surface area (Å²) in [6, 6.07) is 7.97. The molecule has 1 aliphatic heterocycles. The summed E-state index contributed by atoms with van der Waals surface area (Å²) >= 11 is 6.15. The Morgan fingerprint density at radius 3 is 2.55 bits per heavy atom. The number of carbonyl (C=O) groups is 2. The van der Waals surface area contributed by atoms with Crippen LogP contribution in [0.4, 0.5) is 4.39 Å². The minimum Gasteiger partial charge on any atom is -0.491 e. The normalized spacial score (nSPS) is 16.8. The molecule has 166 valence electrons. The van der Waals surface area contributed by atoms with Crippen LogP contribution in [0.25, 0.3) is 0 Å². The number of ether oxygens (including phenoxy) is 2. The SMILES string of the molecule is CC(=O)c1ccc(OCC2CN(C(=O)c3ccc(S(C)(=O)=O)cc3Cl)CCO2)cc1F. The van der Waals surface area contributed by atoms with Gasteiger partial charge in [0.1, 0.15) is 24.3 Å². The average Bonchev–Trinajstić information content (AvgIpc) is 2.71. The van der Waals surface area contributed by atoms with Crippen LogP contribution in [0.5, 0.6) is 5.75 Å². The summed E-state index contributed by atoms with van der Waals surface area (Å²) in [5.74, 6) is -1.15. The van der Waals surface area contributed by atoms with Crippen LogP contribution < -0.4 is 4.74 Å². The molecule has 31 heavy (non-hydrogen) atoms. The minimum atomic E-state index is -3.44. The zero-order valence-electron chi connectivity index (χ0n) is 16.9. The maximum Gasteiger partial charge on any atom is 0.255 e. The van der Waals surface area contributed by atoms with E-state index in [2.05, 4.69) is 0 Å². The second-order valence-electron chi connectivity index (χ2n) is 7.17. The summed E-state index contributed by atoms with van der Waals surface area (Å²) in [5, 5.41) is 0.0493. The fraction of sp³-hybridized carbons (Fsp3) is 0.333. The molecule has 0 aromatic heterocycles. The molecular weight excluding hydrogens is 449 g/mol. The van der Waals surface area contributed by atoms with Crippen molar-refractivity contribution in [3.8, 4) is 5.75 Å². The topological polar surface area (TPSA) is 90.0 Å². The zero-order chi connectivity index (χ0) is 22.8. The van der Waals surface area contributed by atoms with Gasteiger partial charge in [0.2, 0.25) is 0 Å². The monoisotopic (exact) mass is 469 g/mol. The average molecular weight is 470 g/mol. The lowest BCUT2D eigenvalue weighted by atomic mass is 10.1.